The zero-order chi connectivity index (χ0) is 24.7. The molecule has 0 amide bonds. The van der Waals surface area contributed by atoms with E-state index in [4.69, 9.17) is 9.47 Å². The number of methoxy groups -OCH3 is 1. The highest BCUT2D eigenvalue weighted by Crippen LogP contribution is 2.36. The Morgan fingerprint density at radius 3 is 2.61 bits per heavy atom. The number of benzene rings is 2. The van der Waals surface area contributed by atoms with E-state index in [1.807, 2.05) is 66.7 Å². The van der Waals surface area contributed by atoms with Crippen LogP contribution in [0.15, 0.2) is 84.0 Å². The van der Waals surface area contributed by atoms with Crippen LogP contribution in [0.3, 0.4) is 0 Å². The molecule has 0 aliphatic heterocycles. The van der Waals surface area contributed by atoms with Crippen LogP contribution in [0.1, 0.15) is 36.9 Å². The molecule has 0 unspecified atom stereocenters. The van der Waals surface area contributed by atoms with Crippen molar-refractivity contribution in [2.75, 3.05) is 7.11 Å². The van der Waals surface area contributed by atoms with Gasteiger partial charge in [-0.25, -0.2) is 0 Å². The van der Waals surface area contributed by atoms with E-state index in [9.17, 15) is 4.79 Å². The SMILES string of the molecule is COc1cccc(/C=C/c2[nH]cccc[nH]c(=O)c2-c2ccc3ncccc3c2)c1OC1CCCC1. The second kappa shape index (κ2) is 11.0. The molecule has 2 aromatic carbocycles. The van der Waals surface area contributed by atoms with Gasteiger partial charge in [-0.1, -0.05) is 24.3 Å². The topological polar surface area (TPSA) is 80.0 Å². The largest absolute Gasteiger partial charge is 0.493 e. The highest BCUT2D eigenvalue weighted by molar-refractivity contribution is 5.87. The highest BCUT2D eigenvalue weighted by atomic mass is 16.5. The lowest BCUT2D eigenvalue weighted by atomic mass is 10.0. The number of nitrogens with zero attached hydrogens (tertiary/aromatic N) is 1. The average Bonchev–Trinajstić information content (AvgIpc) is 3.44. The maximum absolute atomic E-state index is 13.3. The minimum Gasteiger partial charge on any atom is -0.493 e. The van der Waals surface area contributed by atoms with Gasteiger partial charge in [0, 0.05) is 29.5 Å². The Morgan fingerprint density at radius 1 is 0.944 bits per heavy atom. The van der Waals surface area contributed by atoms with Crippen LogP contribution in [0.4, 0.5) is 0 Å². The predicted molar refractivity (Wildman–Crippen MR) is 145 cm³/mol. The molecule has 1 fully saturated rings. The number of rotatable bonds is 6. The summed E-state index contributed by atoms with van der Waals surface area (Å²) in [6.45, 7) is 0. The van der Waals surface area contributed by atoms with E-state index in [1.54, 1.807) is 31.8 Å². The summed E-state index contributed by atoms with van der Waals surface area (Å²) in [7, 11) is 1.65. The lowest BCUT2D eigenvalue weighted by Gasteiger charge is -2.18. The summed E-state index contributed by atoms with van der Waals surface area (Å²) in [5.74, 6) is 1.43. The number of hydrogen-bond donors (Lipinski definition) is 2. The Bertz CT molecular complexity index is 1490. The molecule has 2 heterocycles. The first-order valence-electron chi connectivity index (χ1n) is 12.2. The van der Waals surface area contributed by atoms with Crippen LogP contribution in [0, 0.1) is 0 Å². The van der Waals surface area contributed by atoms with Gasteiger partial charge in [0.1, 0.15) is 0 Å². The van der Waals surface area contributed by atoms with Crippen molar-refractivity contribution in [3.63, 3.8) is 0 Å². The molecule has 0 atom stereocenters. The Kier molecular flexibility index (Phi) is 7.12. The quantitative estimate of drug-likeness (QED) is 0.329. The minimum absolute atomic E-state index is 0.192. The number of H-pyrrole nitrogens is 2. The molecule has 1 saturated carbocycles. The lowest BCUT2D eigenvalue weighted by molar-refractivity contribution is 0.200. The molecule has 0 spiro atoms. The van der Waals surface area contributed by atoms with Crippen molar-refractivity contribution in [3.05, 3.63) is 101 Å². The molecule has 5 rings (SSSR count). The van der Waals surface area contributed by atoms with Gasteiger partial charge in [-0.15, -0.1) is 0 Å². The molecule has 0 radical (unpaired) electrons. The fourth-order valence-electron chi connectivity index (χ4n) is 4.59. The van der Waals surface area contributed by atoms with Crippen molar-refractivity contribution in [2.24, 2.45) is 0 Å². The van der Waals surface area contributed by atoms with Crippen LogP contribution in [-0.4, -0.2) is 28.2 Å². The van der Waals surface area contributed by atoms with Crippen LogP contribution in [0.25, 0.3) is 34.2 Å². The summed E-state index contributed by atoms with van der Waals surface area (Å²) in [6.07, 6.45) is 13.7. The second-order valence-corrected chi connectivity index (χ2v) is 8.77. The Labute approximate surface area is 210 Å². The number of nitrogens with one attached hydrogen (secondary N) is 2. The third-order valence-electron chi connectivity index (χ3n) is 6.39. The molecule has 36 heavy (non-hydrogen) atoms. The first-order chi connectivity index (χ1) is 17.7. The van der Waals surface area contributed by atoms with Gasteiger partial charge < -0.3 is 19.4 Å². The Balaban J connectivity index is 1.63. The van der Waals surface area contributed by atoms with Crippen LogP contribution in [-0.2, 0) is 0 Å². The van der Waals surface area contributed by atoms with Crippen molar-refractivity contribution >= 4 is 23.1 Å². The number of pyridine rings is 1. The zero-order valence-electron chi connectivity index (χ0n) is 20.2. The molecule has 6 nitrogen and oxygen atoms in total. The molecule has 4 aromatic rings. The van der Waals surface area contributed by atoms with Crippen molar-refractivity contribution in [1.82, 2.24) is 15.0 Å². The molecule has 0 saturated heterocycles. The number of fused-ring (bicyclic) bond motifs is 1. The number of hydrogen-bond acceptors (Lipinski definition) is 4. The van der Waals surface area contributed by atoms with E-state index >= 15 is 0 Å². The van der Waals surface area contributed by atoms with E-state index in [-0.39, 0.29) is 11.7 Å². The van der Waals surface area contributed by atoms with Crippen LogP contribution >= 0.6 is 0 Å². The molecular weight excluding hydrogens is 450 g/mol. The summed E-state index contributed by atoms with van der Waals surface area (Å²) in [5.41, 5.74) is 3.52. The van der Waals surface area contributed by atoms with Crippen LogP contribution < -0.4 is 15.0 Å². The van der Waals surface area contributed by atoms with Gasteiger partial charge >= 0.3 is 0 Å². The van der Waals surface area contributed by atoms with Gasteiger partial charge in [-0.05, 0) is 79.8 Å². The van der Waals surface area contributed by atoms with Crippen molar-refractivity contribution < 1.29 is 9.47 Å². The summed E-state index contributed by atoms with van der Waals surface area (Å²) in [5, 5.41) is 0.963. The fourth-order valence-corrected chi connectivity index (χ4v) is 4.59. The van der Waals surface area contributed by atoms with Gasteiger partial charge in [0.15, 0.2) is 11.5 Å². The minimum atomic E-state index is -0.210. The van der Waals surface area contributed by atoms with E-state index in [0.29, 0.717) is 17.0 Å². The van der Waals surface area contributed by atoms with Gasteiger partial charge in [0.05, 0.1) is 30.0 Å². The smallest absolute Gasteiger partial charge is 0.257 e. The van der Waals surface area contributed by atoms with Crippen LogP contribution in [0.2, 0.25) is 0 Å². The molecule has 1 aliphatic rings. The maximum Gasteiger partial charge on any atom is 0.257 e. The third-order valence-corrected chi connectivity index (χ3v) is 6.39. The van der Waals surface area contributed by atoms with Crippen molar-refractivity contribution in [1.29, 1.82) is 0 Å². The van der Waals surface area contributed by atoms with Gasteiger partial charge in [0.25, 0.3) is 5.56 Å². The standard InChI is InChI=1S/C30H29N3O3/c1-35-27-12-6-8-21(29(27)36-24-10-2-3-11-24)13-16-26-28(30(34)33-18-5-4-17-32-26)23-14-15-25-22(20-23)9-7-19-31-25/h4-9,12-20,24,32H,2-3,10-11H2,1H3,(H,33,34)/b16-13+,17-4?,18-5?,28-26?. The first kappa shape index (κ1) is 23.4. The molecule has 6 heteroatoms. The Hall–Kier alpha value is -4.32. The molecule has 0 bridgehead atoms. The van der Waals surface area contributed by atoms with Crippen LogP contribution in [0.5, 0.6) is 11.5 Å². The molecule has 182 valence electrons. The second-order valence-electron chi connectivity index (χ2n) is 8.77. The van der Waals surface area contributed by atoms with E-state index in [1.165, 1.54) is 12.8 Å². The molecular formula is C30H29N3O3. The summed E-state index contributed by atoms with van der Waals surface area (Å²) in [6, 6.07) is 19.2. The van der Waals surface area contributed by atoms with Gasteiger partial charge in [-0.2, -0.15) is 0 Å². The monoisotopic (exact) mass is 479 g/mol. The summed E-state index contributed by atoms with van der Waals surface area (Å²) >= 11 is 0. The average molecular weight is 480 g/mol. The predicted octanol–water partition coefficient (Wildman–Crippen LogP) is 6.54. The molecule has 2 aromatic heterocycles. The maximum atomic E-state index is 13.3. The number of aromatic amines is 2. The number of para-hydroxylation sites is 1. The number of ether oxygens (including phenoxy) is 2. The normalized spacial score (nSPS) is 13.7. The number of aromatic nitrogens is 3. The van der Waals surface area contributed by atoms with E-state index in [0.717, 1.165) is 40.6 Å². The first-order valence-corrected chi connectivity index (χ1v) is 12.2. The van der Waals surface area contributed by atoms with Gasteiger partial charge in [-0.3, -0.25) is 9.78 Å². The van der Waals surface area contributed by atoms with E-state index in [2.05, 4.69) is 15.0 Å². The fraction of sp³-hybridized carbons (Fsp3) is 0.200. The zero-order valence-corrected chi connectivity index (χ0v) is 20.2. The molecule has 1 aliphatic carbocycles. The lowest BCUT2D eigenvalue weighted by Crippen LogP contribution is -2.12. The van der Waals surface area contributed by atoms with Crippen molar-refractivity contribution in [3.8, 4) is 22.6 Å². The van der Waals surface area contributed by atoms with Gasteiger partial charge in [0.2, 0.25) is 0 Å². The summed E-state index contributed by atoms with van der Waals surface area (Å²) < 4.78 is 12.0. The summed E-state index contributed by atoms with van der Waals surface area (Å²) in [4.78, 5) is 23.9. The molecule has 2 N–H and O–H groups in total. The van der Waals surface area contributed by atoms with E-state index < -0.39 is 0 Å². The third kappa shape index (κ3) is 5.18. The Morgan fingerprint density at radius 2 is 1.78 bits per heavy atom. The highest BCUT2D eigenvalue weighted by Gasteiger charge is 2.20. The van der Waals surface area contributed by atoms with Crippen molar-refractivity contribution in [2.45, 2.75) is 31.8 Å².